The lowest BCUT2D eigenvalue weighted by molar-refractivity contribution is -0.136. The van der Waals surface area contributed by atoms with E-state index in [2.05, 4.69) is 25.7 Å². The van der Waals surface area contributed by atoms with Crippen LogP contribution in [0.1, 0.15) is 39.2 Å². The third-order valence-electron chi connectivity index (χ3n) is 4.96. The molecule has 2 amide bonds. The van der Waals surface area contributed by atoms with E-state index in [1.54, 1.807) is 7.05 Å². The molecule has 1 atom stereocenters. The highest BCUT2D eigenvalue weighted by Crippen LogP contribution is 2.33. The van der Waals surface area contributed by atoms with Crippen molar-refractivity contribution < 1.29 is 14.3 Å². The van der Waals surface area contributed by atoms with Crippen molar-refractivity contribution in [3.8, 4) is 5.75 Å². The maximum atomic E-state index is 12.7. The molecule has 0 bridgehead atoms. The number of rotatable bonds is 5. The van der Waals surface area contributed by atoms with Crippen molar-refractivity contribution in [2.75, 3.05) is 26.7 Å². The number of benzene rings is 1. The summed E-state index contributed by atoms with van der Waals surface area (Å²) in [6.45, 7) is 8.69. The van der Waals surface area contributed by atoms with Crippen molar-refractivity contribution in [2.45, 2.75) is 33.6 Å². The van der Waals surface area contributed by atoms with Gasteiger partial charge in [0.2, 0.25) is 0 Å². The maximum Gasteiger partial charge on any atom is 0.277 e. The normalized spacial score (nSPS) is 21.2. The molecule has 26 heavy (non-hydrogen) atoms. The monoisotopic (exact) mass is 356 g/mol. The van der Waals surface area contributed by atoms with E-state index in [4.69, 9.17) is 4.74 Å². The average Bonchev–Trinajstić information content (AvgIpc) is 2.84. The lowest BCUT2D eigenvalue weighted by Crippen LogP contribution is -2.38. The summed E-state index contributed by atoms with van der Waals surface area (Å²) < 4.78 is 5.72. The van der Waals surface area contributed by atoms with Crippen LogP contribution in [-0.2, 0) is 9.59 Å². The minimum atomic E-state index is -0.223. The van der Waals surface area contributed by atoms with Gasteiger partial charge in [-0.2, -0.15) is 0 Å². The lowest BCUT2D eigenvalue weighted by Gasteiger charge is -2.33. The summed E-state index contributed by atoms with van der Waals surface area (Å²) in [6, 6.07) is 7.50. The second-order valence-corrected chi connectivity index (χ2v) is 7.82. The van der Waals surface area contributed by atoms with E-state index in [9.17, 15) is 9.59 Å². The highest BCUT2D eigenvalue weighted by atomic mass is 16.5. The van der Waals surface area contributed by atoms with Crippen LogP contribution in [0.3, 0.4) is 0 Å². The number of piperidine rings is 1. The summed E-state index contributed by atoms with van der Waals surface area (Å²) >= 11 is 0. The number of carbonyl (C=O) groups excluding carboxylic acids is 2. The Balaban J connectivity index is 1.92. The molecule has 140 valence electrons. The first-order chi connectivity index (χ1) is 12.4. The zero-order valence-corrected chi connectivity index (χ0v) is 16.1. The molecule has 0 saturated carbocycles. The molecule has 1 unspecified atom stereocenters. The van der Waals surface area contributed by atoms with Gasteiger partial charge in [0.15, 0.2) is 0 Å². The summed E-state index contributed by atoms with van der Waals surface area (Å²) in [7, 11) is 1.56. The van der Waals surface area contributed by atoms with Crippen LogP contribution in [0.15, 0.2) is 30.0 Å². The Morgan fingerprint density at radius 1 is 1.15 bits per heavy atom. The van der Waals surface area contributed by atoms with Crippen molar-refractivity contribution in [1.29, 1.82) is 0 Å². The van der Waals surface area contributed by atoms with Crippen molar-refractivity contribution in [3.63, 3.8) is 0 Å². The zero-order valence-electron chi connectivity index (χ0n) is 16.1. The van der Waals surface area contributed by atoms with Gasteiger partial charge in [0.05, 0.1) is 12.2 Å². The van der Waals surface area contributed by atoms with Gasteiger partial charge in [-0.05, 0) is 42.4 Å². The van der Waals surface area contributed by atoms with E-state index in [0.29, 0.717) is 29.7 Å². The molecule has 1 aromatic carbocycles. The molecule has 1 fully saturated rings. The predicted octanol–water partition coefficient (Wildman–Crippen LogP) is 3.16. The molecule has 1 saturated heterocycles. The SMILES string of the molecule is CC(C)COc1ccc(C2=C(N3CCCC(C)C3)C(=O)N(C)C2=O)cc1. The van der Waals surface area contributed by atoms with Gasteiger partial charge in [-0.25, -0.2) is 0 Å². The second-order valence-electron chi connectivity index (χ2n) is 7.82. The third-order valence-corrected chi connectivity index (χ3v) is 4.96. The molecule has 3 rings (SSSR count). The van der Waals surface area contributed by atoms with Gasteiger partial charge in [-0.3, -0.25) is 14.5 Å². The first-order valence-corrected chi connectivity index (χ1v) is 9.43. The van der Waals surface area contributed by atoms with E-state index in [-0.39, 0.29) is 11.8 Å². The Labute approximate surface area is 155 Å². The van der Waals surface area contributed by atoms with Gasteiger partial charge < -0.3 is 9.64 Å². The van der Waals surface area contributed by atoms with Gasteiger partial charge in [0.25, 0.3) is 11.8 Å². The number of imide groups is 1. The van der Waals surface area contributed by atoms with E-state index < -0.39 is 0 Å². The van der Waals surface area contributed by atoms with Gasteiger partial charge in [-0.15, -0.1) is 0 Å². The maximum absolute atomic E-state index is 12.7. The Bertz CT molecular complexity index is 721. The Morgan fingerprint density at radius 3 is 2.46 bits per heavy atom. The number of hydrogen-bond donors (Lipinski definition) is 0. The van der Waals surface area contributed by atoms with Crippen LogP contribution >= 0.6 is 0 Å². The van der Waals surface area contributed by atoms with Crippen molar-refractivity contribution in [2.24, 2.45) is 11.8 Å². The average molecular weight is 356 g/mol. The van der Waals surface area contributed by atoms with Crippen LogP contribution < -0.4 is 4.74 Å². The van der Waals surface area contributed by atoms with Crippen LogP contribution in [0, 0.1) is 11.8 Å². The quantitative estimate of drug-likeness (QED) is 0.761. The van der Waals surface area contributed by atoms with Crippen LogP contribution in [0.4, 0.5) is 0 Å². The van der Waals surface area contributed by atoms with Crippen LogP contribution in [-0.4, -0.2) is 48.4 Å². The Morgan fingerprint density at radius 2 is 1.85 bits per heavy atom. The van der Waals surface area contributed by atoms with E-state index >= 15 is 0 Å². The Kier molecular flexibility index (Phi) is 5.35. The molecule has 0 N–H and O–H groups in total. The minimum Gasteiger partial charge on any atom is -0.493 e. The molecule has 0 spiro atoms. The van der Waals surface area contributed by atoms with Crippen molar-refractivity contribution >= 4 is 17.4 Å². The third kappa shape index (κ3) is 3.62. The number of amides is 2. The Hall–Kier alpha value is -2.30. The molecule has 1 aromatic rings. The number of carbonyl (C=O) groups is 2. The summed E-state index contributed by atoms with van der Waals surface area (Å²) in [5.41, 5.74) is 1.85. The van der Waals surface area contributed by atoms with Crippen LogP contribution in [0.5, 0.6) is 5.75 Å². The zero-order chi connectivity index (χ0) is 18.8. The van der Waals surface area contributed by atoms with Gasteiger partial charge in [-0.1, -0.05) is 32.9 Å². The van der Waals surface area contributed by atoms with E-state index in [0.717, 1.165) is 30.8 Å². The fourth-order valence-corrected chi connectivity index (χ4v) is 3.55. The number of likely N-dealkylation sites (tertiary alicyclic amines) is 1. The molecule has 2 aliphatic heterocycles. The highest BCUT2D eigenvalue weighted by Gasteiger charge is 2.40. The summed E-state index contributed by atoms with van der Waals surface area (Å²) in [5, 5.41) is 0. The van der Waals surface area contributed by atoms with Crippen molar-refractivity contribution in [1.82, 2.24) is 9.80 Å². The molecule has 5 nitrogen and oxygen atoms in total. The number of ether oxygens (including phenoxy) is 1. The standard InChI is InChI=1S/C21H28N2O3/c1-14(2)13-26-17-9-7-16(8-10-17)18-19(21(25)22(4)20(18)24)23-11-5-6-15(3)12-23/h7-10,14-15H,5-6,11-13H2,1-4H3. The van der Waals surface area contributed by atoms with Crippen molar-refractivity contribution in [3.05, 3.63) is 35.5 Å². The van der Waals surface area contributed by atoms with Gasteiger partial charge in [0.1, 0.15) is 11.4 Å². The predicted molar refractivity (Wildman–Crippen MR) is 101 cm³/mol. The molecular weight excluding hydrogens is 328 g/mol. The molecule has 5 heteroatoms. The fraction of sp³-hybridized carbons (Fsp3) is 0.524. The number of hydrogen-bond acceptors (Lipinski definition) is 4. The minimum absolute atomic E-state index is 0.195. The summed E-state index contributed by atoms with van der Waals surface area (Å²) in [6.07, 6.45) is 2.21. The highest BCUT2D eigenvalue weighted by molar-refractivity contribution is 6.35. The molecule has 2 heterocycles. The molecular formula is C21H28N2O3. The van der Waals surface area contributed by atoms with Crippen LogP contribution in [0.25, 0.3) is 5.57 Å². The topological polar surface area (TPSA) is 49.9 Å². The first kappa shape index (κ1) is 18.5. The summed E-state index contributed by atoms with van der Waals surface area (Å²) in [5.74, 6) is 1.34. The van der Waals surface area contributed by atoms with Gasteiger partial charge in [0, 0.05) is 20.1 Å². The molecule has 0 aliphatic carbocycles. The second kappa shape index (κ2) is 7.52. The number of nitrogens with zero attached hydrogens (tertiary/aromatic N) is 2. The first-order valence-electron chi connectivity index (χ1n) is 9.43. The lowest BCUT2D eigenvalue weighted by atomic mass is 9.97. The molecule has 0 radical (unpaired) electrons. The smallest absolute Gasteiger partial charge is 0.277 e. The van der Waals surface area contributed by atoms with Gasteiger partial charge >= 0.3 is 0 Å². The summed E-state index contributed by atoms with van der Waals surface area (Å²) in [4.78, 5) is 28.8. The molecule has 2 aliphatic rings. The van der Waals surface area contributed by atoms with E-state index in [1.807, 2.05) is 24.3 Å². The van der Waals surface area contributed by atoms with Crippen LogP contribution in [0.2, 0.25) is 0 Å². The molecule has 0 aromatic heterocycles. The largest absolute Gasteiger partial charge is 0.493 e. The fourth-order valence-electron chi connectivity index (χ4n) is 3.55. The number of likely N-dealkylation sites (N-methyl/N-ethyl adjacent to an activating group) is 1. The van der Waals surface area contributed by atoms with E-state index in [1.165, 1.54) is 11.3 Å².